The standard InChI is InChI=1S/C13H15NOS/c15-13-12-8-14(7-11(12)9-16-13)6-10-4-2-1-3-5-10/h1-5,11-12H,6-9H2. The third kappa shape index (κ3) is 1.89. The lowest BCUT2D eigenvalue weighted by molar-refractivity contribution is -0.114. The molecule has 1 aromatic carbocycles. The van der Waals surface area contributed by atoms with Crippen LogP contribution in [-0.2, 0) is 11.3 Å². The maximum absolute atomic E-state index is 11.6. The SMILES string of the molecule is O=C1SCC2CN(Cc3ccccc3)CC12. The molecule has 0 radical (unpaired) electrons. The Morgan fingerprint density at radius 2 is 2.06 bits per heavy atom. The zero-order valence-corrected chi connectivity index (χ0v) is 9.95. The van der Waals surface area contributed by atoms with Crippen LogP contribution in [0.2, 0.25) is 0 Å². The molecule has 3 rings (SSSR count). The van der Waals surface area contributed by atoms with E-state index in [1.54, 1.807) is 0 Å². The monoisotopic (exact) mass is 233 g/mol. The number of benzene rings is 1. The van der Waals surface area contributed by atoms with Crippen LogP contribution < -0.4 is 0 Å². The third-order valence-electron chi connectivity index (χ3n) is 3.51. The Labute approximate surface area is 100 Å². The van der Waals surface area contributed by atoms with Gasteiger partial charge in [-0.3, -0.25) is 9.69 Å². The summed E-state index contributed by atoms with van der Waals surface area (Å²) >= 11 is 1.53. The quantitative estimate of drug-likeness (QED) is 0.779. The van der Waals surface area contributed by atoms with Crippen molar-refractivity contribution in [2.75, 3.05) is 18.8 Å². The van der Waals surface area contributed by atoms with E-state index in [2.05, 4.69) is 29.2 Å². The topological polar surface area (TPSA) is 20.3 Å². The molecule has 2 fully saturated rings. The van der Waals surface area contributed by atoms with Crippen molar-refractivity contribution in [3.63, 3.8) is 0 Å². The van der Waals surface area contributed by atoms with Crippen LogP contribution in [0.25, 0.3) is 0 Å². The van der Waals surface area contributed by atoms with E-state index in [0.29, 0.717) is 17.0 Å². The van der Waals surface area contributed by atoms with Crippen LogP contribution in [0.4, 0.5) is 0 Å². The fourth-order valence-electron chi connectivity index (χ4n) is 2.66. The Kier molecular flexibility index (Phi) is 2.74. The molecule has 0 N–H and O–H groups in total. The summed E-state index contributed by atoms with van der Waals surface area (Å²) < 4.78 is 0. The molecule has 0 amide bonds. The summed E-state index contributed by atoms with van der Waals surface area (Å²) in [5, 5.41) is 0.417. The Balaban J connectivity index is 1.65. The van der Waals surface area contributed by atoms with Gasteiger partial charge in [0.2, 0.25) is 0 Å². The first kappa shape index (κ1) is 10.4. The van der Waals surface area contributed by atoms with E-state index in [9.17, 15) is 4.79 Å². The fourth-order valence-corrected chi connectivity index (χ4v) is 3.86. The van der Waals surface area contributed by atoms with Crippen molar-refractivity contribution in [2.45, 2.75) is 6.54 Å². The molecule has 0 aliphatic carbocycles. The number of nitrogens with zero attached hydrogens (tertiary/aromatic N) is 1. The van der Waals surface area contributed by atoms with Crippen molar-refractivity contribution in [3.8, 4) is 0 Å². The maximum Gasteiger partial charge on any atom is 0.193 e. The van der Waals surface area contributed by atoms with Crippen LogP contribution in [0, 0.1) is 11.8 Å². The Bertz CT molecular complexity index is 392. The lowest BCUT2D eigenvalue weighted by Gasteiger charge is -2.16. The van der Waals surface area contributed by atoms with E-state index in [-0.39, 0.29) is 0 Å². The van der Waals surface area contributed by atoms with E-state index in [1.807, 2.05) is 6.07 Å². The highest BCUT2D eigenvalue weighted by Crippen LogP contribution is 2.37. The van der Waals surface area contributed by atoms with Gasteiger partial charge >= 0.3 is 0 Å². The second-order valence-corrected chi connectivity index (χ2v) is 5.70. The maximum atomic E-state index is 11.6. The Morgan fingerprint density at radius 1 is 1.25 bits per heavy atom. The van der Waals surface area contributed by atoms with E-state index in [4.69, 9.17) is 0 Å². The molecule has 0 aromatic heterocycles. The molecular formula is C13H15NOS. The van der Waals surface area contributed by atoms with Gasteiger partial charge in [-0.1, -0.05) is 42.1 Å². The average Bonchev–Trinajstić information content (AvgIpc) is 2.83. The number of rotatable bonds is 2. The molecule has 1 aromatic rings. The van der Waals surface area contributed by atoms with Crippen LogP contribution in [0.5, 0.6) is 0 Å². The summed E-state index contributed by atoms with van der Waals surface area (Å²) in [6.07, 6.45) is 0. The summed E-state index contributed by atoms with van der Waals surface area (Å²) in [5.74, 6) is 1.96. The van der Waals surface area contributed by atoms with Gasteiger partial charge in [0.05, 0.1) is 0 Å². The first-order chi connectivity index (χ1) is 7.83. The number of hydrogen-bond donors (Lipinski definition) is 0. The van der Waals surface area contributed by atoms with Gasteiger partial charge in [-0.25, -0.2) is 0 Å². The highest BCUT2D eigenvalue weighted by Gasteiger charge is 2.42. The molecule has 0 bridgehead atoms. The minimum Gasteiger partial charge on any atom is -0.298 e. The van der Waals surface area contributed by atoms with Crippen molar-refractivity contribution < 1.29 is 4.79 Å². The number of carbonyl (C=O) groups excluding carboxylic acids is 1. The Morgan fingerprint density at radius 3 is 2.81 bits per heavy atom. The van der Waals surface area contributed by atoms with E-state index in [0.717, 1.165) is 25.4 Å². The molecule has 3 heteroatoms. The van der Waals surface area contributed by atoms with E-state index < -0.39 is 0 Å². The third-order valence-corrected chi connectivity index (χ3v) is 4.69. The van der Waals surface area contributed by atoms with Gasteiger partial charge in [-0.05, 0) is 11.5 Å². The molecule has 84 valence electrons. The van der Waals surface area contributed by atoms with Crippen molar-refractivity contribution in [3.05, 3.63) is 35.9 Å². The number of thioether (sulfide) groups is 1. The van der Waals surface area contributed by atoms with Gasteiger partial charge in [-0.15, -0.1) is 0 Å². The van der Waals surface area contributed by atoms with Crippen molar-refractivity contribution in [1.29, 1.82) is 0 Å². The smallest absolute Gasteiger partial charge is 0.193 e. The zero-order chi connectivity index (χ0) is 11.0. The van der Waals surface area contributed by atoms with Gasteiger partial charge in [0.1, 0.15) is 0 Å². The molecule has 0 spiro atoms. The lowest BCUT2D eigenvalue weighted by atomic mass is 10.0. The van der Waals surface area contributed by atoms with Crippen molar-refractivity contribution >= 4 is 16.9 Å². The number of hydrogen-bond acceptors (Lipinski definition) is 3. The fraction of sp³-hybridized carbons (Fsp3) is 0.462. The summed E-state index contributed by atoms with van der Waals surface area (Å²) in [4.78, 5) is 14.0. The van der Waals surface area contributed by atoms with Crippen LogP contribution in [0.15, 0.2) is 30.3 Å². The van der Waals surface area contributed by atoms with Crippen molar-refractivity contribution in [1.82, 2.24) is 4.90 Å². The predicted molar refractivity (Wildman–Crippen MR) is 66.2 cm³/mol. The number of likely N-dealkylation sites (tertiary alicyclic amines) is 1. The number of fused-ring (bicyclic) bond motifs is 1. The molecule has 16 heavy (non-hydrogen) atoms. The summed E-state index contributed by atoms with van der Waals surface area (Å²) in [6, 6.07) is 10.5. The van der Waals surface area contributed by atoms with Crippen LogP contribution in [0.3, 0.4) is 0 Å². The highest BCUT2D eigenvalue weighted by atomic mass is 32.2. The molecular weight excluding hydrogens is 218 g/mol. The molecule has 2 nitrogen and oxygen atoms in total. The van der Waals surface area contributed by atoms with E-state index in [1.165, 1.54) is 17.3 Å². The average molecular weight is 233 g/mol. The zero-order valence-electron chi connectivity index (χ0n) is 9.13. The minimum atomic E-state index is 0.314. The minimum absolute atomic E-state index is 0.314. The molecule has 2 heterocycles. The van der Waals surface area contributed by atoms with Gasteiger partial charge in [0, 0.05) is 31.3 Å². The van der Waals surface area contributed by atoms with Crippen LogP contribution in [0.1, 0.15) is 5.56 Å². The normalized spacial score (nSPS) is 29.6. The summed E-state index contributed by atoms with van der Waals surface area (Å²) in [5.41, 5.74) is 1.35. The Hall–Kier alpha value is -0.800. The molecule has 2 atom stereocenters. The first-order valence-electron chi connectivity index (χ1n) is 5.76. The molecule has 2 aliphatic heterocycles. The molecule has 0 saturated carbocycles. The molecule has 2 unspecified atom stereocenters. The van der Waals surface area contributed by atoms with Crippen LogP contribution in [-0.4, -0.2) is 28.9 Å². The molecule has 2 aliphatic rings. The predicted octanol–water partition coefficient (Wildman–Crippen LogP) is 2.01. The van der Waals surface area contributed by atoms with Gasteiger partial charge in [0.25, 0.3) is 0 Å². The largest absolute Gasteiger partial charge is 0.298 e. The highest BCUT2D eigenvalue weighted by molar-refractivity contribution is 8.14. The van der Waals surface area contributed by atoms with Gasteiger partial charge in [-0.2, -0.15) is 0 Å². The summed E-state index contributed by atoms with van der Waals surface area (Å²) in [7, 11) is 0. The first-order valence-corrected chi connectivity index (χ1v) is 6.74. The van der Waals surface area contributed by atoms with Gasteiger partial charge in [0.15, 0.2) is 5.12 Å². The van der Waals surface area contributed by atoms with Crippen molar-refractivity contribution in [2.24, 2.45) is 11.8 Å². The molecule has 2 saturated heterocycles. The second-order valence-electron chi connectivity index (χ2n) is 4.68. The lowest BCUT2D eigenvalue weighted by Crippen LogP contribution is -2.22. The summed E-state index contributed by atoms with van der Waals surface area (Å²) in [6.45, 7) is 3.05. The van der Waals surface area contributed by atoms with Crippen LogP contribution >= 0.6 is 11.8 Å². The second kappa shape index (κ2) is 4.22. The number of carbonyl (C=O) groups is 1. The van der Waals surface area contributed by atoms with E-state index >= 15 is 0 Å². The van der Waals surface area contributed by atoms with Gasteiger partial charge < -0.3 is 0 Å².